The van der Waals surface area contributed by atoms with Crippen molar-refractivity contribution in [3.63, 3.8) is 0 Å². The second-order valence-corrected chi connectivity index (χ2v) is 6.94. The smallest absolute Gasteiger partial charge is 0.157 e. The Morgan fingerprint density at radius 1 is 1.33 bits per heavy atom. The largest absolute Gasteiger partial charge is 0.359 e. The highest BCUT2D eigenvalue weighted by Gasteiger charge is 2.40. The minimum Gasteiger partial charge on any atom is -0.359 e. The van der Waals surface area contributed by atoms with Crippen LogP contribution in [0.2, 0.25) is 0 Å². The summed E-state index contributed by atoms with van der Waals surface area (Å²) >= 11 is 1.90. The Hall–Kier alpha value is -0.180. The van der Waals surface area contributed by atoms with Gasteiger partial charge in [-0.05, 0) is 44.9 Å². The van der Waals surface area contributed by atoms with Crippen molar-refractivity contribution in [2.24, 2.45) is 16.8 Å². The molecule has 3 aliphatic rings. The number of aliphatic imine (C=N–C) groups is 1. The van der Waals surface area contributed by atoms with Crippen LogP contribution in [0.4, 0.5) is 0 Å². The van der Waals surface area contributed by atoms with Gasteiger partial charge < -0.3 is 5.32 Å². The molecule has 15 heavy (non-hydrogen) atoms. The summed E-state index contributed by atoms with van der Waals surface area (Å²) in [7, 11) is 0. The molecule has 0 radical (unpaired) electrons. The van der Waals surface area contributed by atoms with E-state index in [-0.39, 0.29) is 5.54 Å². The summed E-state index contributed by atoms with van der Waals surface area (Å²) in [5, 5.41) is 4.74. The minimum absolute atomic E-state index is 0.251. The molecule has 2 saturated carbocycles. The molecule has 3 fully saturated rings. The molecule has 0 aromatic rings. The molecule has 1 saturated heterocycles. The number of rotatable bonds is 1. The molecule has 1 N–H and O–H groups in total. The Morgan fingerprint density at radius 2 is 2.20 bits per heavy atom. The van der Waals surface area contributed by atoms with E-state index < -0.39 is 0 Å². The third-order valence-corrected chi connectivity index (χ3v) is 5.35. The molecule has 0 amide bonds. The molecule has 84 valence electrons. The average molecular weight is 224 g/mol. The molecule has 1 aliphatic heterocycles. The summed E-state index contributed by atoms with van der Waals surface area (Å²) in [6.45, 7) is 4.51. The van der Waals surface area contributed by atoms with Crippen LogP contribution < -0.4 is 5.32 Å². The van der Waals surface area contributed by atoms with Gasteiger partial charge in [0.05, 0.1) is 6.04 Å². The zero-order chi connectivity index (χ0) is 10.5. The number of thioether (sulfide) groups is 1. The molecule has 3 heteroatoms. The summed E-state index contributed by atoms with van der Waals surface area (Å²) in [6.07, 6.45) is 5.71. The Morgan fingerprint density at radius 3 is 2.73 bits per heavy atom. The van der Waals surface area contributed by atoms with Crippen LogP contribution in [0.25, 0.3) is 0 Å². The van der Waals surface area contributed by atoms with E-state index in [4.69, 9.17) is 4.99 Å². The van der Waals surface area contributed by atoms with Gasteiger partial charge in [-0.1, -0.05) is 18.2 Å². The normalized spacial score (nSPS) is 44.9. The van der Waals surface area contributed by atoms with E-state index in [0.29, 0.717) is 6.04 Å². The van der Waals surface area contributed by atoms with Gasteiger partial charge in [-0.25, -0.2) is 0 Å². The van der Waals surface area contributed by atoms with E-state index in [1.807, 2.05) is 11.8 Å². The molecular formula is C12H20N2S. The van der Waals surface area contributed by atoms with Crippen molar-refractivity contribution in [1.82, 2.24) is 5.32 Å². The van der Waals surface area contributed by atoms with E-state index in [2.05, 4.69) is 19.2 Å². The number of nitrogens with zero attached hydrogens (tertiary/aromatic N) is 1. The second kappa shape index (κ2) is 3.41. The molecule has 3 rings (SSSR count). The fraction of sp³-hybridized carbons (Fsp3) is 0.917. The van der Waals surface area contributed by atoms with Gasteiger partial charge in [0, 0.05) is 11.3 Å². The molecule has 0 aromatic heterocycles. The summed E-state index contributed by atoms with van der Waals surface area (Å²) in [5.41, 5.74) is 0.251. The number of nitrogens with one attached hydrogen (secondary N) is 1. The van der Waals surface area contributed by atoms with E-state index in [9.17, 15) is 0 Å². The third kappa shape index (κ3) is 1.91. The van der Waals surface area contributed by atoms with Crippen molar-refractivity contribution in [3.05, 3.63) is 0 Å². The molecule has 0 spiro atoms. The van der Waals surface area contributed by atoms with Crippen LogP contribution in [0.1, 0.15) is 39.5 Å². The molecular weight excluding hydrogens is 204 g/mol. The third-order valence-electron chi connectivity index (χ3n) is 4.00. The quantitative estimate of drug-likeness (QED) is 0.740. The van der Waals surface area contributed by atoms with Crippen molar-refractivity contribution in [1.29, 1.82) is 0 Å². The minimum atomic E-state index is 0.251. The first-order chi connectivity index (χ1) is 7.12. The number of hydrogen-bond donors (Lipinski definition) is 1. The van der Waals surface area contributed by atoms with Gasteiger partial charge >= 0.3 is 0 Å². The average Bonchev–Trinajstić information content (AvgIpc) is 2.81. The highest BCUT2D eigenvalue weighted by Crippen LogP contribution is 2.46. The van der Waals surface area contributed by atoms with Gasteiger partial charge in [0.1, 0.15) is 0 Å². The SMILES string of the molecule is CC1(C)CSC(=NC2CC3CCC2C3)N1. The van der Waals surface area contributed by atoms with Crippen LogP contribution >= 0.6 is 11.8 Å². The lowest BCUT2D eigenvalue weighted by Gasteiger charge is -2.19. The van der Waals surface area contributed by atoms with Crippen molar-refractivity contribution in [3.8, 4) is 0 Å². The van der Waals surface area contributed by atoms with Crippen molar-refractivity contribution < 1.29 is 0 Å². The van der Waals surface area contributed by atoms with Gasteiger partial charge in [-0.3, -0.25) is 4.99 Å². The van der Waals surface area contributed by atoms with Crippen LogP contribution in [-0.4, -0.2) is 22.5 Å². The van der Waals surface area contributed by atoms with Crippen LogP contribution in [-0.2, 0) is 0 Å². The zero-order valence-corrected chi connectivity index (χ0v) is 10.4. The predicted molar refractivity (Wildman–Crippen MR) is 66.3 cm³/mol. The second-order valence-electron chi connectivity index (χ2n) is 5.97. The van der Waals surface area contributed by atoms with Crippen molar-refractivity contribution in [2.75, 3.05) is 5.75 Å². The molecule has 2 aliphatic carbocycles. The zero-order valence-electron chi connectivity index (χ0n) is 9.62. The Kier molecular flexibility index (Phi) is 2.27. The van der Waals surface area contributed by atoms with Gasteiger partial charge in [0.25, 0.3) is 0 Å². The first-order valence-corrected chi connectivity index (χ1v) is 7.10. The molecule has 3 unspecified atom stereocenters. The lowest BCUT2D eigenvalue weighted by Crippen LogP contribution is -2.37. The standard InChI is InChI=1S/C12H20N2S/c1-12(2)7-15-11(14-12)13-10-6-8-3-4-9(10)5-8/h8-10H,3-7H2,1-2H3,(H,13,14). The molecule has 0 aromatic carbocycles. The Balaban J connectivity index is 1.68. The molecule has 1 heterocycles. The van der Waals surface area contributed by atoms with E-state index in [1.54, 1.807) is 0 Å². The van der Waals surface area contributed by atoms with E-state index >= 15 is 0 Å². The van der Waals surface area contributed by atoms with Crippen LogP contribution in [0.3, 0.4) is 0 Å². The highest BCUT2D eigenvalue weighted by atomic mass is 32.2. The van der Waals surface area contributed by atoms with Gasteiger partial charge in [-0.2, -0.15) is 0 Å². The maximum absolute atomic E-state index is 4.92. The maximum atomic E-state index is 4.92. The topological polar surface area (TPSA) is 24.4 Å². The molecule has 2 nitrogen and oxygen atoms in total. The van der Waals surface area contributed by atoms with Crippen LogP contribution in [0, 0.1) is 11.8 Å². The summed E-state index contributed by atoms with van der Waals surface area (Å²) in [4.78, 5) is 4.92. The fourth-order valence-electron chi connectivity index (χ4n) is 3.20. The Bertz CT molecular complexity index is 298. The molecule has 2 bridgehead atoms. The van der Waals surface area contributed by atoms with E-state index in [1.165, 1.54) is 30.9 Å². The number of hydrogen-bond acceptors (Lipinski definition) is 2. The number of amidine groups is 1. The van der Waals surface area contributed by atoms with Crippen molar-refractivity contribution in [2.45, 2.75) is 51.1 Å². The van der Waals surface area contributed by atoms with Crippen LogP contribution in [0.5, 0.6) is 0 Å². The lowest BCUT2D eigenvalue weighted by molar-refractivity contribution is 0.419. The van der Waals surface area contributed by atoms with Crippen LogP contribution in [0.15, 0.2) is 4.99 Å². The lowest BCUT2D eigenvalue weighted by atomic mass is 9.96. The van der Waals surface area contributed by atoms with E-state index in [0.717, 1.165) is 17.6 Å². The first-order valence-electron chi connectivity index (χ1n) is 6.11. The highest BCUT2D eigenvalue weighted by molar-refractivity contribution is 8.14. The predicted octanol–water partition coefficient (Wildman–Crippen LogP) is 2.65. The summed E-state index contributed by atoms with van der Waals surface area (Å²) in [5.74, 6) is 3.07. The first kappa shape index (κ1) is 10.0. The Labute approximate surface area is 96.3 Å². The van der Waals surface area contributed by atoms with Crippen molar-refractivity contribution >= 4 is 16.9 Å². The molecule has 3 atom stereocenters. The van der Waals surface area contributed by atoms with Gasteiger partial charge in [0.15, 0.2) is 5.17 Å². The van der Waals surface area contributed by atoms with Gasteiger partial charge in [0.2, 0.25) is 0 Å². The summed E-state index contributed by atoms with van der Waals surface area (Å²) in [6, 6.07) is 0.646. The number of fused-ring (bicyclic) bond motifs is 2. The monoisotopic (exact) mass is 224 g/mol. The fourth-order valence-corrected chi connectivity index (χ4v) is 4.33. The maximum Gasteiger partial charge on any atom is 0.157 e. The summed E-state index contributed by atoms with van der Waals surface area (Å²) < 4.78 is 0. The van der Waals surface area contributed by atoms with Gasteiger partial charge in [-0.15, -0.1) is 0 Å².